The Morgan fingerprint density at radius 2 is 1.91 bits per heavy atom. The van der Waals surface area contributed by atoms with Crippen molar-refractivity contribution in [3.63, 3.8) is 0 Å². The standard InChI is InChI=1S/C24H24ClNO5S/c1-17-6-2-12-22(25)23(17)32(28,29)31-20-10-3-7-18(14-20)15-26(16-21-11-5-13-30-21)24(27)19-8-4-9-19/h2-3,5-7,10-14,19H,4,8-9,15-16H2,1H3. The Balaban J connectivity index is 1.55. The summed E-state index contributed by atoms with van der Waals surface area (Å²) in [6.07, 6.45) is 4.43. The zero-order valence-electron chi connectivity index (χ0n) is 17.7. The van der Waals surface area contributed by atoms with E-state index in [4.69, 9.17) is 20.2 Å². The van der Waals surface area contributed by atoms with E-state index in [1.165, 1.54) is 6.07 Å². The molecule has 6 nitrogen and oxygen atoms in total. The maximum absolute atomic E-state index is 13.0. The minimum Gasteiger partial charge on any atom is -0.467 e. The summed E-state index contributed by atoms with van der Waals surface area (Å²) in [5.41, 5.74) is 1.26. The van der Waals surface area contributed by atoms with Gasteiger partial charge >= 0.3 is 10.1 Å². The Morgan fingerprint density at radius 1 is 1.12 bits per heavy atom. The van der Waals surface area contributed by atoms with Crippen LogP contribution in [0.1, 0.15) is 36.1 Å². The third kappa shape index (κ3) is 5.00. The zero-order valence-corrected chi connectivity index (χ0v) is 19.2. The lowest BCUT2D eigenvalue weighted by Crippen LogP contribution is -2.38. The number of amides is 1. The van der Waals surface area contributed by atoms with Gasteiger partial charge in [0.2, 0.25) is 5.91 Å². The maximum Gasteiger partial charge on any atom is 0.340 e. The van der Waals surface area contributed by atoms with E-state index in [2.05, 4.69) is 0 Å². The first-order valence-electron chi connectivity index (χ1n) is 10.4. The van der Waals surface area contributed by atoms with Gasteiger partial charge in [-0.05, 0) is 61.2 Å². The van der Waals surface area contributed by atoms with Gasteiger partial charge in [-0.3, -0.25) is 4.79 Å². The number of carbonyl (C=O) groups excluding carboxylic acids is 1. The van der Waals surface area contributed by atoms with Gasteiger partial charge in [-0.1, -0.05) is 42.3 Å². The molecule has 1 aliphatic carbocycles. The second-order valence-corrected chi connectivity index (χ2v) is 9.86. The lowest BCUT2D eigenvalue weighted by Gasteiger charge is -2.31. The summed E-state index contributed by atoms with van der Waals surface area (Å²) in [6.45, 7) is 2.33. The van der Waals surface area contributed by atoms with Crippen molar-refractivity contribution >= 4 is 27.6 Å². The quantitative estimate of drug-likeness (QED) is 0.413. The van der Waals surface area contributed by atoms with Crippen LogP contribution in [0.3, 0.4) is 0 Å². The number of furan rings is 1. The summed E-state index contributed by atoms with van der Waals surface area (Å²) in [5.74, 6) is 0.976. The van der Waals surface area contributed by atoms with Gasteiger partial charge in [0.15, 0.2) is 0 Å². The van der Waals surface area contributed by atoms with Gasteiger partial charge in [0.05, 0.1) is 17.8 Å². The number of benzene rings is 2. The number of rotatable bonds is 8. The fourth-order valence-corrected chi connectivity index (χ4v) is 5.45. The molecule has 1 aromatic heterocycles. The highest BCUT2D eigenvalue weighted by Crippen LogP contribution is 2.31. The Bertz CT molecular complexity index is 1180. The van der Waals surface area contributed by atoms with Crippen LogP contribution >= 0.6 is 11.6 Å². The lowest BCUT2D eigenvalue weighted by atomic mass is 9.84. The van der Waals surface area contributed by atoms with E-state index in [9.17, 15) is 13.2 Å². The van der Waals surface area contributed by atoms with Crippen LogP contribution in [0.4, 0.5) is 0 Å². The molecule has 1 amide bonds. The van der Waals surface area contributed by atoms with Crippen LogP contribution in [-0.2, 0) is 28.0 Å². The highest BCUT2D eigenvalue weighted by Gasteiger charge is 2.30. The number of aryl methyl sites for hydroxylation is 1. The molecule has 168 valence electrons. The van der Waals surface area contributed by atoms with Gasteiger partial charge in [-0.2, -0.15) is 8.42 Å². The first-order valence-corrected chi connectivity index (χ1v) is 12.2. The molecule has 1 saturated carbocycles. The van der Waals surface area contributed by atoms with E-state index in [0.29, 0.717) is 24.4 Å². The van der Waals surface area contributed by atoms with Crippen molar-refractivity contribution in [3.05, 3.63) is 82.8 Å². The van der Waals surface area contributed by atoms with Crippen molar-refractivity contribution in [1.29, 1.82) is 0 Å². The van der Waals surface area contributed by atoms with Crippen LogP contribution in [0.15, 0.2) is 70.2 Å². The SMILES string of the molecule is Cc1cccc(Cl)c1S(=O)(=O)Oc1cccc(CN(Cc2ccco2)C(=O)C2CCC2)c1. The molecule has 2 aromatic carbocycles. The number of nitrogens with zero attached hydrogens (tertiary/aromatic N) is 1. The van der Waals surface area contributed by atoms with Crippen LogP contribution in [0, 0.1) is 12.8 Å². The van der Waals surface area contributed by atoms with Crippen LogP contribution in [0.5, 0.6) is 5.75 Å². The molecular formula is C24H24ClNO5S. The average Bonchev–Trinajstić information content (AvgIpc) is 3.19. The molecule has 32 heavy (non-hydrogen) atoms. The smallest absolute Gasteiger partial charge is 0.340 e. The minimum absolute atomic E-state index is 0.0352. The molecule has 1 fully saturated rings. The molecule has 1 heterocycles. The molecule has 4 rings (SSSR count). The molecule has 0 spiro atoms. The molecule has 1 aliphatic rings. The zero-order chi connectivity index (χ0) is 22.7. The Morgan fingerprint density at radius 3 is 2.56 bits per heavy atom. The van der Waals surface area contributed by atoms with Crippen LogP contribution in [-0.4, -0.2) is 19.2 Å². The summed E-state index contributed by atoms with van der Waals surface area (Å²) in [5, 5.41) is 0.108. The summed E-state index contributed by atoms with van der Waals surface area (Å²) >= 11 is 6.12. The molecule has 0 bridgehead atoms. The highest BCUT2D eigenvalue weighted by atomic mass is 35.5. The van der Waals surface area contributed by atoms with E-state index in [1.807, 2.05) is 12.1 Å². The van der Waals surface area contributed by atoms with Crippen molar-refractivity contribution in [2.75, 3.05) is 0 Å². The Labute approximate surface area is 192 Å². The topological polar surface area (TPSA) is 76.8 Å². The lowest BCUT2D eigenvalue weighted by molar-refractivity contribution is -0.139. The third-order valence-corrected chi connectivity index (χ3v) is 7.47. The third-order valence-electron chi connectivity index (χ3n) is 5.58. The summed E-state index contributed by atoms with van der Waals surface area (Å²) in [7, 11) is -4.11. The van der Waals surface area contributed by atoms with E-state index in [0.717, 1.165) is 24.8 Å². The van der Waals surface area contributed by atoms with Crippen LogP contribution in [0.25, 0.3) is 0 Å². The second-order valence-electron chi connectivity index (χ2n) is 7.97. The molecule has 0 saturated heterocycles. The fourth-order valence-electron chi connectivity index (χ4n) is 3.73. The molecule has 0 aliphatic heterocycles. The fraction of sp³-hybridized carbons (Fsp3) is 0.292. The van der Waals surface area contributed by atoms with Gasteiger partial charge < -0.3 is 13.5 Å². The summed E-state index contributed by atoms with van der Waals surface area (Å²) < 4.78 is 36.5. The van der Waals surface area contributed by atoms with E-state index < -0.39 is 10.1 Å². The monoisotopic (exact) mass is 473 g/mol. The van der Waals surface area contributed by atoms with Gasteiger partial charge in [-0.15, -0.1) is 0 Å². The number of halogens is 1. The second kappa shape index (κ2) is 9.38. The molecular weight excluding hydrogens is 450 g/mol. The largest absolute Gasteiger partial charge is 0.467 e. The predicted octanol–water partition coefficient (Wildman–Crippen LogP) is 5.34. The minimum atomic E-state index is -4.11. The van der Waals surface area contributed by atoms with Crippen molar-refractivity contribution < 1.29 is 21.8 Å². The number of carbonyl (C=O) groups is 1. The first-order chi connectivity index (χ1) is 15.3. The summed E-state index contributed by atoms with van der Waals surface area (Å²) in [6, 6.07) is 15.2. The van der Waals surface area contributed by atoms with Crippen LogP contribution < -0.4 is 4.18 Å². The summed E-state index contributed by atoms with van der Waals surface area (Å²) in [4.78, 5) is 14.7. The van der Waals surface area contributed by atoms with Crippen molar-refractivity contribution in [3.8, 4) is 5.75 Å². The molecule has 8 heteroatoms. The first kappa shape index (κ1) is 22.4. The highest BCUT2D eigenvalue weighted by molar-refractivity contribution is 7.87. The normalized spacial score (nSPS) is 14.1. The van der Waals surface area contributed by atoms with E-state index >= 15 is 0 Å². The Kier molecular flexibility index (Phi) is 6.58. The number of hydrogen-bond acceptors (Lipinski definition) is 5. The van der Waals surface area contributed by atoms with Crippen LogP contribution in [0.2, 0.25) is 5.02 Å². The molecule has 0 atom stereocenters. The molecule has 0 unspecified atom stereocenters. The van der Waals surface area contributed by atoms with Gasteiger partial charge in [0.25, 0.3) is 0 Å². The predicted molar refractivity (Wildman–Crippen MR) is 121 cm³/mol. The Hall–Kier alpha value is -2.77. The van der Waals surface area contributed by atoms with Crippen molar-refractivity contribution in [2.45, 2.75) is 44.2 Å². The number of hydrogen-bond donors (Lipinski definition) is 0. The van der Waals surface area contributed by atoms with Gasteiger partial charge in [0.1, 0.15) is 16.4 Å². The molecule has 0 N–H and O–H groups in total. The van der Waals surface area contributed by atoms with E-state index in [-0.39, 0.29) is 27.5 Å². The maximum atomic E-state index is 13.0. The van der Waals surface area contributed by atoms with Gasteiger partial charge in [-0.25, -0.2) is 0 Å². The van der Waals surface area contributed by atoms with E-state index in [1.54, 1.807) is 54.5 Å². The molecule has 0 radical (unpaired) electrons. The van der Waals surface area contributed by atoms with Crippen molar-refractivity contribution in [2.24, 2.45) is 5.92 Å². The van der Waals surface area contributed by atoms with Crippen molar-refractivity contribution in [1.82, 2.24) is 4.90 Å². The average molecular weight is 474 g/mol. The molecule has 3 aromatic rings. The van der Waals surface area contributed by atoms with Gasteiger partial charge in [0, 0.05) is 12.5 Å².